The van der Waals surface area contributed by atoms with Gasteiger partial charge in [0, 0.05) is 23.4 Å². The van der Waals surface area contributed by atoms with E-state index in [2.05, 4.69) is 21.6 Å². The molecule has 0 saturated carbocycles. The minimum absolute atomic E-state index is 0.0190. The second-order valence-corrected chi connectivity index (χ2v) is 12.1. The summed E-state index contributed by atoms with van der Waals surface area (Å²) in [6, 6.07) is 11.4. The molecular weight excluding hydrogens is 594 g/mol. The first kappa shape index (κ1) is 28.1. The van der Waals surface area contributed by atoms with Gasteiger partial charge in [0.2, 0.25) is 11.0 Å². The van der Waals surface area contributed by atoms with Crippen LogP contribution in [0, 0.1) is 24.1 Å². The Kier molecular flexibility index (Phi) is 8.14. The van der Waals surface area contributed by atoms with Gasteiger partial charge in [0.05, 0.1) is 33.4 Å². The molecule has 13 heteroatoms. The molecule has 8 nitrogen and oxygen atoms in total. The van der Waals surface area contributed by atoms with E-state index >= 15 is 0 Å². The smallest absolute Gasteiger partial charge is 0.234 e. The van der Waals surface area contributed by atoms with Gasteiger partial charge in [0.1, 0.15) is 11.6 Å². The molecule has 3 N–H and O–H groups in total. The number of nitrogens with one attached hydrogen (secondary N) is 1. The maximum Gasteiger partial charge on any atom is 0.234 e. The van der Waals surface area contributed by atoms with E-state index in [1.54, 1.807) is 36.1 Å². The molecule has 1 aliphatic heterocycles. The van der Waals surface area contributed by atoms with Crippen molar-refractivity contribution in [2.45, 2.75) is 36.4 Å². The predicted molar refractivity (Wildman–Crippen MR) is 155 cm³/mol. The van der Waals surface area contributed by atoms with Crippen LogP contribution in [0.1, 0.15) is 36.3 Å². The Morgan fingerprint density at radius 3 is 2.80 bits per heavy atom. The molecule has 1 aromatic heterocycles. The van der Waals surface area contributed by atoms with Crippen LogP contribution < -0.4 is 16.0 Å². The standard InChI is InChI=1S/C27H21Cl2FN6O2S2/c1-13-5-7-15(30)10-19(13)33-22(38)12-39-27-35-34-26(40-27)36-20-3-2-4-21(37)24(20)23(16(11-31)25(36)32)14-6-8-17(28)18(29)9-14/h5-10,23H,2-4,12,32H2,1H3,(H,33,38). The summed E-state index contributed by atoms with van der Waals surface area (Å²) in [6.07, 6.45) is 1.52. The number of allylic oxidation sites excluding steroid dienone is 3. The number of nitrogens with two attached hydrogens (primary N) is 1. The van der Waals surface area contributed by atoms with E-state index in [4.69, 9.17) is 28.9 Å². The molecule has 1 aliphatic carbocycles. The van der Waals surface area contributed by atoms with E-state index in [0.29, 0.717) is 61.3 Å². The lowest BCUT2D eigenvalue weighted by molar-refractivity contribution is -0.116. The molecule has 1 unspecified atom stereocenters. The third-order valence-electron chi connectivity index (χ3n) is 6.58. The molecule has 1 amide bonds. The summed E-state index contributed by atoms with van der Waals surface area (Å²) in [7, 11) is 0. The highest BCUT2D eigenvalue weighted by atomic mass is 35.5. The lowest BCUT2D eigenvalue weighted by atomic mass is 9.76. The summed E-state index contributed by atoms with van der Waals surface area (Å²) in [6.45, 7) is 1.77. The molecular formula is C27H21Cl2FN6O2S2. The maximum absolute atomic E-state index is 13.6. The highest BCUT2D eigenvalue weighted by molar-refractivity contribution is 8.01. The number of Topliss-reactive ketones (excluding diaryl/α,β-unsaturated/α-hetero) is 1. The highest BCUT2D eigenvalue weighted by Crippen LogP contribution is 2.47. The monoisotopic (exact) mass is 614 g/mol. The summed E-state index contributed by atoms with van der Waals surface area (Å²) >= 11 is 14.7. The van der Waals surface area contributed by atoms with Gasteiger partial charge in [-0.15, -0.1) is 10.2 Å². The molecule has 0 spiro atoms. The number of carbonyl (C=O) groups excluding carboxylic acids is 2. The first-order chi connectivity index (χ1) is 19.2. The van der Waals surface area contributed by atoms with Crippen LogP contribution in [0.25, 0.3) is 0 Å². The van der Waals surface area contributed by atoms with Gasteiger partial charge in [0.15, 0.2) is 10.1 Å². The lowest BCUT2D eigenvalue weighted by Gasteiger charge is -2.38. The van der Waals surface area contributed by atoms with Gasteiger partial charge in [-0.2, -0.15) is 5.26 Å². The van der Waals surface area contributed by atoms with Crippen LogP contribution in [0.4, 0.5) is 15.2 Å². The van der Waals surface area contributed by atoms with Crippen LogP contribution >= 0.6 is 46.3 Å². The minimum Gasteiger partial charge on any atom is -0.384 e. The van der Waals surface area contributed by atoms with Crippen molar-refractivity contribution < 1.29 is 14.0 Å². The van der Waals surface area contributed by atoms with Gasteiger partial charge in [0.25, 0.3) is 0 Å². The molecule has 1 atom stereocenters. The van der Waals surface area contributed by atoms with Gasteiger partial charge in [-0.1, -0.05) is 58.4 Å². The van der Waals surface area contributed by atoms with Gasteiger partial charge >= 0.3 is 0 Å². The zero-order valence-corrected chi connectivity index (χ0v) is 24.1. The van der Waals surface area contributed by atoms with Crippen molar-refractivity contribution in [1.82, 2.24) is 10.2 Å². The topological polar surface area (TPSA) is 125 Å². The number of carbonyl (C=O) groups is 2. The number of ketones is 1. The molecule has 0 radical (unpaired) electrons. The van der Waals surface area contributed by atoms with Crippen molar-refractivity contribution in [3.63, 3.8) is 0 Å². The second kappa shape index (κ2) is 11.6. The van der Waals surface area contributed by atoms with Crippen molar-refractivity contribution in [2.75, 3.05) is 16.0 Å². The average molecular weight is 616 g/mol. The van der Waals surface area contributed by atoms with Gasteiger partial charge in [-0.05, 0) is 55.2 Å². The van der Waals surface area contributed by atoms with Crippen LogP contribution in [-0.4, -0.2) is 27.6 Å². The Bertz CT molecular complexity index is 1650. The summed E-state index contributed by atoms with van der Waals surface area (Å²) in [5.74, 6) is -1.36. The quantitative estimate of drug-likeness (QED) is 0.309. The number of halogens is 3. The molecule has 5 rings (SSSR count). The van der Waals surface area contributed by atoms with Gasteiger partial charge in [-0.25, -0.2) is 4.39 Å². The maximum atomic E-state index is 13.6. The molecule has 40 heavy (non-hydrogen) atoms. The fourth-order valence-electron chi connectivity index (χ4n) is 4.72. The van der Waals surface area contributed by atoms with Gasteiger partial charge in [-0.3, -0.25) is 14.5 Å². The first-order valence-electron chi connectivity index (χ1n) is 12.1. The van der Waals surface area contributed by atoms with E-state index in [0.717, 1.165) is 17.3 Å². The van der Waals surface area contributed by atoms with Crippen molar-refractivity contribution in [3.8, 4) is 6.07 Å². The van der Waals surface area contributed by atoms with Crippen LogP contribution in [0.5, 0.6) is 0 Å². The number of aromatic nitrogens is 2. The normalized spacial score (nSPS) is 17.1. The van der Waals surface area contributed by atoms with Crippen molar-refractivity contribution in [2.24, 2.45) is 5.73 Å². The summed E-state index contributed by atoms with van der Waals surface area (Å²) < 4.78 is 14.1. The SMILES string of the molecule is Cc1ccc(F)cc1NC(=O)CSc1nnc(N2C(N)=C(C#N)C(c3ccc(Cl)c(Cl)c3)C3=C2CCCC3=O)s1. The van der Waals surface area contributed by atoms with E-state index < -0.39 is 11.7 Å². The van der Waals surface area contributed by atoms with Crippen molar-refractivity contribution >= 4 is 68.8 Å². The van der Waals surface area contributed by atoms with Crippen LogP contribution in [0.2, 0.25) is 10.0 Å². The summed E-state index contributed by atoms with van der Waals surface area (Å²) in [4.78, 5) is 27.4. The Hall–Kier alpha value is -3.43. The molecule has 3 aromatic rings. The van der Waals surface area contributed by atoms with Crippen molar-refractivity contribution in [3.05, 3.63) is 86.1 Å². The number of anilines is 2. The van der Waals surface area contributed by atoms with Crippen molar-refractivity contribution in [1.29, 1.82) is 5.26 Å². The molecule has 2 aromatic carbocycles. The van der Waals surface area contributed by atoms with E-state index in [1.807, 2.05) is 0 Å². The Labute approximate surface area is 247 Å². The zero-order valence-electron chi connectivity index (χ0n) is 21.0. The molecule has 2 heterocycles. The number of benzene rings is 2. The van der Waals surface area contributed by atoms with Crippen LogP contribution in [0.3, 0.4) is 0 Å². The Balaban J connectivity index is 1.43. The molecule has 0 fully saturated rings. The second-order valence-electron chi connectivity index (χ2n) is 9.14. The molecule has 2 aliphatic rings. The zero-order chi connectivity index (χ0) is 28.6. The number of hydrogen-bond acceptors (Lipinski definition) is 9. The van der Waals surface area contributed by atoms with E-state index in [-0.39, 0.29) is 28.8 Å². The third kappa shape index (κ3) is 5.45. The number of thioether (sulfide) groups is 1. The van der Waals surface area contributed by atoms with Crippen LogP contribution in [-0.2, 0) is 9.59 Å². The van der Waals surface area contributed by atoms with E-state index in [9.17, 15) is 19.2 Å². The number of amides is 1. The summed E-state index contributed by atoms with van der Waals surface area (Å²) in [5.41, 5.74) is 9.69. The fourth-order valence-corrected chi connectivity index (χ4v) is 6.71. The average Bonchev–Trinajstić information content (AvgIpc) is 3.39. The predicted octanol–water partition coefficient (Wildman–Crippen LogP) is 6.33. The lowest BCUT2D eigenvalue weighted by Crippen LogP contribution is -2.38. The number of nitriles is 1. The highest BCUT2D eigenvalue weighted by Gasteiger charge is 2.41. The Morgan fingerprint density at radius 2 is 2.05 bits per heavy atom. The molecule has 0 saturated heterocycles. The number of hydrogen-bond donors (Lipinski definition) is 2. The number of rotatable bonds is 6. The Morgan fingerprint density at radius 1 is 1.25 bits per heavy atom. The number of nitrogens with zero attached hydrogens (tertiary/aromatic N) is 4. The number of aryl methyl sites for hydroxylation is 1. The fraction of sp³-hybridized carbons (Fsp3) is 0.222. The first-order valence-corrected chi connectivity index (χ1v) is 14.7. The van der Waals surface area contributed by atoms with E-state index in [1.165, 1.54) is 23.5 Å². The third-order valence-corrected chi connectivity index (χ3v) is 9.36. The largest absolute Gasteiger partial charge is 0.384 e. The molecule has 0 bridgehead atoms. The summed E-state index contributed by atoms with van der Waals surface area (Å²) in [5, 5.41) is 22.4. The van der Waals surface area contributed by atoms with Gasteiger partial charge < -0.3 is 11.1 Å². The van der Waals surface area contributed by atoms with Crippen LogP contribution in [0.15, 0.2) is 63.4 Å². The molecule has 204 valence electrons. The minimum atomic E-state index is -0.685.